The Balaban J connectivity index is 1.69. The van der Waals surface area contributed by atoms with E-state index in [1.807, 2.05) is 0 Å². The lowest BCUT2D eigenvalue weighted by Gasteiger charge is -2.28. The maximum Gasteiger partial charge on any atom is 0.250 e. The van der Waals surface area contributed by atoms with E-state index >= 15 is 0 Å². The summed E-state index contributed by atoms with van der Waals surface area (Å²) >= 11 is 0. The van der Waals surface area contributed by atoms with Crippen molar-refractivity contribution in [1.82, 2.24) is 20.0 Å². The Bertz CT molecular complexity index is 722. The average Bonchev–Trinajstić information content (AvgIpc) is 3.39. The summed E-state index contributed by atoms with van der Waals surface area (Å²) in [5.41, 5.74) is 0. The van der Waals surface area contributed by atoms with Crippen molar-refractivity contribution in [2.45, 2.75) is 44.6 Å². The van der Waals surface area contributed by atoms with Crippen LogP contribution in [0.1, 0.15) is 38.5 Å². The van der Waals surface area contributed by atoms with Crippen LogP contribution in [0.25, 0.3) is 0 Å². The molecule has 1 aliphatic carbocycles. The highest BCUT2D eigenvalue weighted by Gasteiger charge is 2.38. The van der Waals surface area contributed by atoms with Crippen LogP contribution in [0, 0.1) is 11.8 Å². The average molecular weight is 388 g/mol. The van der Waals surface area contributed by atoms with E-state index in [2.05, 4.69) is 20.4 Å². The van der Waals surface area contributed by atoms with Gasteiger partial charge in [-0.1, -0.05) is 25.7 Å². The van der Waals surface area contributed by atoms with Crippen LogP contribution in [0.2, 0.25) is 0 Å². The largest absolute Gasteiger partial charge is 0.308 e. The van der Waals surface area contributed by atoms with Gasteiger partial charge in [0.1, 0.15) is 6.04 Å². The predicted molar refractivity (Wildman–Crippen MR) is 99.0 cm³/mol. The van der Waals surface area contributed by atoms with Crippen LogP contribution >= 0.6 is 0 Å². The number of nitrogens with zero attached hydrogens (tertiary/aromatic N) is 5. The summed E-state index contributed by atoms with van der Waals surface area (Å²) < 4.78 is 0. The van der Waals surface area contributed by atoms with Crippen molar-refractivity contribution in [3.63, 3.8) is 0 Å². The second-order valence-electron chi connectivity index (χ2n) is 7.12. The summed E-state index contributed by atoms with van der Waals surface area (Å²) in [7, 11) is 0. The number of amides is 3. The molecule has 10 nitrogen and oxygen atoms in total. The number of hydrogen-bond donors (Lipinski definition) is 2. The summed E-state index contributed by atoms with van der Waals surface area (Å²) in [6, 6.07) is -0.802. The maximum atomic E-state index is 13.1. The van der Waals surface area contributed by atoms with Gasteiger partial charge in [0, 0.05) is 25.0 Å². The first-order chi connectivity index (χ1) is 13.6. The highest BCUT2D eigenvalue weighted by molar-refractivity contribution is 5.99. The second kappa shape index (κ2) is 9.36. The molecule has 2 heterocycles. The Hall–Kier alpha value is -2.88. The fraction of sp³-hybridized carbons (Fsp3) is 0.556. The number of nitrogens with one attached hydrogen (secondary N) is 1. The zero-order chi connectivity index (χ0) is 19.9. The van der Waals surface area contributed by atoms with Crippen LogP contribution in [0.4, 0.5) is 5.82 Å². The van der Waals surface area contributed by atoms with Crippen LogP contribution in [0.3, 0.4) is 0 Å². The summed E-state index contributed by atoms with van der Waals surface area (Å²) in [6.45, 7) is -0.122. The maximum absolute atomic E-state index is 13.1. The van der Waals surface area contributed by atoms with Crippen molar-refractivity contribution in [3.05, 3.63) is 18.6 Å². The first kappa shape index (κ1) is 19.9. The van der Waals surface area contributed by atoms with E-state index in [4.69, 9.17) is 0 Å². The van der Waals surface area contributed by atoms with Gasteiger partial charge in [0.25, 0.3) is 5.91 Å². The molecule has 0 spiro atoms. The standard InChI is InChI=1S/C18H24N6O4/c25-12-23(28)11-14(9-13-3-1-2-4-13)18(27)24-15(5-6-21-24)17(26)22-16-10-19-7-8-20-16/h6-8,10,12-15,28H,1-5,9,11H2,(H,20,22,26)/t14?,15-/m0/s1. The predicted octanol–water partition coefficient (Wildman–Crippen LogP) is 1.05. The molecule has 3 rings (SSSR count). The fourth-order valence-corrected chi connectivity index (χ4v) is 3.77. The molecule has 3 amide bonds. The minimum absolute atomic E-state index is 0.122. The molecule has 2 aliphatic rings. The van der Waals surface area contributed by atoms with Crippen molar-refractivity contribution in [1.29, 1.82) is 0 Å². The quantitative estimate of drug-likeness (QED) is 0.389. The summed E-state index contributed by atoms with van der Waals surface area (Å²) in [5, 5.41) is 18.0. The molecule has 150 valence electrons. The molecule has 0 radical (unpaired) electrons. The monoisotopic (exact) mass is 388 g/mol. The van der Waals surface area contributed by atoms with Gasteiger partial charge in [-0.15, -0.1) is 0 Å². The van der Waals surface area contributed by atoms with Crippen molar-refractivity contribution < 1.29 is 19.6 Å². The van der Waals surface area contributed by atoms with E-state index in [0.717, 1.165) is 30.7 Å². The second-order valence-corrected chi connectivity index (χ2v) is 7.12. The molecule has 0 bridgehead atoms. The molecular formula is C18H24N6O4. The lowest BCUT2D eigenvalue weighted by molar-refractivity contribution is -0.158. The smallest absolute Gasteiger partial charge is 0.250 e. The van der Waals surface area contributed by atoms with Gasteiger partial charge < -0.3 is 5.32 Å². The molecule has 1 aromatic rings. The van der Waals surface area contributed by atoms with Crippen molar-refractivity contribution >= 4 is 30.3 Å². The summed E-state index contributed by atoms with van der Waals surface area (Å²) in [5.74, 6) is -0.757. The van der Waals surface area contributed by atoms with Gasteiger partial charge in [0.05, 0.1) is 18.7 Å². The third-order valence-electron chi connectivity index (χ3n) is 5.14. The molecule has 1 unspecified atom stereocenters. The van der Waals surface area contributed by atoms with E-state index < -0.39 is 17.9 Å². The number of carbonyl (C=O) groups is 3. The number of anilines is 1. The molecule has 28 heavy (non-hydrogen) atoms. The highest BCUT2D eigenvalue weighted by Crippen LogP contribution is 2.32. The van der Waals surface area contributed by atoms with Gasteiger partial charge >= 0.3 is 0 Å². The summed E-state index contributed by atoms with van der Waals surface area (Å²) in [6.07, 6.45) is 11.3. The van der Waals surface area contributed by atoms with Gasteiger partial charge in [-0.25, -0.2) is 15.1 Å². The van der Waals surface area contributed by atoms with E-state index in [0.29, 0.717) is 17.4 Å². The van der Waals surface area contributed by atoms with Gasteiger partial charge in [0.15, 0.2) is 5.82 Å². The molecule has 2 atom stereocenters. The van der Waals surface area contributed by atoms with E-state index in [-0.39, 0.29) is 31.1 Å². The number of aromatic nitrogens is 2. The van der Waals surface area contributed by atoms with Gasteiger partial charge in [0.2, 0.25) is 12.3 Å². The first-order valence-corrected chi connectivity index (χ1v) is 9.41. The molecule has 1 aromatic heterocycles. The lowest BCUT2D eigenvalue weighted by atomic mass is 9.92. The van der Waals surface area contributed by atoms with Crippen LogP contribution in [-0.2, 0) is 14.4 Å². The fourth-order valence-electron chi connectivity index (χ4n) is 3.77. The number of carbonyl (C=O) groups excluding carboxylic acids is 3. The van der Waals surface area contributed by atoms with Crippen LogP contribution in [0.15, 0.2) is 23.7 Å². The van der Waals surface area contributed by atoms with E-state index in [9.17, 15) is 19.6 Å². The van der Waals surface area contributed by atoms with E-state index in [1.54, 1.807) is 0 Å². The van der Waals surface area contributed by atoms with E-state index in [1.165, 1.54) is 24.8 Å². The van der Waals surface area contributed by atoms with Gasteiger partial charge in [-0.05, 0) is 12.3 Å². The topological polar surface area (TPSA) is 128 Å². The minimum atomic E-state index is -0.802. The molecule has 0 saturated heterocycles. The van der Waals surface area contributed by atoms with Gasteiger partial charge in [-0.3, -0.25) is 24.6 Å². The third kappa shape index (κ3) is 4.89. The molecule has 10 heteroatoms. The zero-order valence-corrected chi connectivity index (χ0v) is 15.5. The molecule has 0 aromatic carbocycles. The van der Waals surface area contributed by atoms with Gasteiger partial charge in [-0.2, -0.15) is 5.10 Å². The minimum Gasteiger partial charge on any atom is -0.308 e. The van der Waals surface area contributed by atoms with Crippen molar-refractivity contribution in [3.8, 4) is 0 Å². The third-order valence-corrected chi connectivity index (χ3v) is 5.14. The Morgan fingerprint density at radius 3 is 2.82 bits per heavy atom. The van der Waals surface area contributed by atoms with Crippen LogP contribution < -0.4 is 5.32 Å². The molecular weight excluding hydrogens is 364 g/mol. The Morgan fingerprint density at radius 2 is 2.14 bits per heavy atom. The van der Waals surface area contributed by atoms with Crippen molar-refractivity contribution in [2.75, 3.05) is 11.9 Å². The van der Waals surface area contributed by atoms with Crippen molar-refractivity contribution in [2.24, 2.45) is 16.9 Å². The molecule has 1 saturated carbocycles. The normalized spacial score (nSPS) is 20.2. The SMILES string of the molecule is O=CN(O)CC(CC1CCCC1)C(=O)N1N=CC[C@H]1C(=O)Nc1cnccn1. The number of hydrogen-bond acceptors (Lipinski definition) is 7. The number of hydrazone groups is 1. The molecule has 2 N–H and O–H groups in total. The highest BCUT2D eigenvalue weighted by atomic mass is 16.5. The summed E-state index contributed by atoms with van der Waals surface area (Å²) in [4.78, 5) is 44.4. The Labute approximate surface area is 162 Å². The Morgan fingerprint density at radius 1 is 1.36 bits per heavy atom. The van der Waals surface area contributed by atoms with Crippen LogP contribution in [-0.4, -0.2) is 62.3 Å². The zero-order valence-electron chi connectivity index (χ0n) is 15.5. The molecule has 1 fully saturated rings. The number of hydroxylamine groups is 2. The number of rotatable bonds is 8. The lowest BCUT2D eigenvalue weighted by Crippen LogP contribution is -2.46. The molecule has 1 aliphatic heterocycles. The first-order valence-electron chi connectivity index (χ1n) is 9.41. The van der Waals surface area contributed by atoms with Crippen LogP contribution in [0.5, 0.6) is 0 Å². The Kier molecular flexibility index (Phi) is 6.64.